The Hall–Kier alpha value is -1.38. The third kappa shape index (κ3) is 1.20. The van der Waals surface area contributed by atoms with Crippen LogP contribution in [0.25, 0.3) is 11.2 Å². The smallest absolute Gasteiger partial charge is 0.158 e. The molecule has 0 N–H and O–H groups in total. The minimum Gasteiger partial charge on any atom is -0.334 e. The van der Waals surface area contributed by atoms with Gasteiger partial charge in [-0.2, -0.15) is 0 Å². The summed E-state index contributed by atoms with van der Waals surface area (Å²) in [6.07, 6.45) is 2.94. The zero-order valence-electron chi connectivity index (χ0n) is 8.20. The quantitative estimate of drug-likeness (QED) is 0.662. The standard InChI is InChI=1S/C10H13N3/c1-4-8-7(2)11-10-9(12-8)5-6-13(10)3/h5-6H,4H2,1-3H3. The van der Waals surface area contributed by atoms with E-state index in [-0.39, 0.29) is 0 Å². The number of hydrogen-bond donors (Lipinski definition) is 0. The Morgan fingerprint density at radius 2 is 2.15 bits per heavy atom. The van der Waals surface area contributed by atoms with E-state index in [9.17, 15) is 0 Å². The van der Waals surface area contributed by atoms with Gasteiger partial charge in [0.1, 0.15) is 5.52 Å². The maximum Gasteiger partial charge on any atom is 0.158 e. The van der Waals surface area contributed by atoms with Crippen molar-refractivity contribution in [3.05, 3.63) is 23.7 Å². The van der Waals surface area contributed by atoms with Crippen molar-refractivity contribution >= 4 is 11.2 Å². The highest BCUT2D eigenvalue weighted by Crippen LogP contribution is 2.12. The molecule has 2 rings (SSSR count). The first-order chi connectivity index (χ1) is 6.22. The molecule has 0 radical (unpaired) electrons. The summed E-state index contributed by atoms with van der Waals surface area (Å²) in [6, 6.07) is 2.00. The van der Waals surface area contributed by atoms with Crippen molar-refractivity contribution < 1.29 is 0 Å². The van der Waals surface area contributed by atoms with Crippen LogP contribution < -0.4 is 0 Å². The zero-order valence-corrected chi connectivity index (χ0v) is 8.20. The molecular formula is C10H13N3. The van der Waals surface area contributed by atoms with Crippen molar-refractivity contribution in [2.75, 3.05) is 0 Å². The summed E-state index contributed by atoms with van der Waals surface area (Å²) >= 11 is 0. The third-order valence-electron chi connectivity index (χ3n) is 2.30. The Morgan fingerprint density at radius 1 is 1.38 bits per heavy atom. The fraction of sp³-hybridized carbons (Fsp3) is 0.400. The highest BCUT2D eigenvalue weighted by atomic mass is 15.0. The summed E-state index contributed by atoms with van der Waals surface area (Å²) < 4.78 is 1.99. The van der Waals surface area contributed by atoms with E-state index < -0.39 is 0 Å². The normalized spacial score (nSPS) is 11.0. The first-order valence-corrected chi connectivity index (χ1v) is 4.51. The van der Waals surface area contributed by atoms with Gasteiger partial charge in [0.2, 0.25) is 0 Å². The fourth-order valence-electron chi connectivity index (χ4n) is 1.52. The molecule has 3 nitrogen and oxygen atoms in total. The van der Waals surface area contributed by atoms with Gasteiger partial charge in [-0.3, -0.25) is 0 Å². The second-order valence-corrected chi connectivity index (χ2v) is 3.24. The molecule has 0 aliphatic carbocycles. The Balaban J connectivity index is 2.76. The van der Waals surface area contributed by atoms with Gasteiger partial charge >= 0.3 is 0 Å². The number of aromatic nitrogens is 3. The molecule has 0 aliphatic rings. The minimum atomic E-state index is 0.948. The molecule has 68 valence electrons. The lowest BCUT2D eigenvalue weighted by Crippen LogP contribution is -1.98. The fourth-order valence-corrected chi connectivity index (χ4v) is 1.52. The molecule has 0 aromatic carbocycles. The van der Waals surface area contributed by atoms with Gasteiger partial charge in [-0.1, -0.05) is 6.92 Å². The Morgan fingerprint density at radius 3 is 2.85 bits per heavy atom. The first kappa shape index (κ1) is 8.23. The van der Waals surface area contributed by atoms with Crippen LogP contribution in [0.2, 0.25) is 0 Å². The van der Waals surface area contributed by atoms with E-state index >= 15 is 0 Å². The van der Waals surface area contributed by atoms with Gasteiger partial charge in [-0.15, -0.1) is 0 Å². The topological polar surface area (TPSA) is 30.7 Å². The van der Waals surface area contributed by atoms with Crippen LogP contribution in [0.15, 0.2) is 12.3 Å². The SMILES string of the molecule is CCc1nc2ccn(C)c2nc1C. The van der Waals surface area contributed by atoms with Crippen molar-refractivity contribution in [3.8, 4) is 0 Å². The van der Waals surface area contributed by atoms with Crippen molar-refractivity contribution in [1.82, 2.24) is 14.5 Å². The molecule has 3 heteroatoms. The molecule has 2 heterocycles. The monoisotopic (exact) mass is 175 g/mol. The number of aryl methyl sites for hydroxylation is 3. The molecule has 0 aliphatic heterocycles. The van der Waals surface area contributed by atoms with E-state index in [2.05, 4.69) is 16.9 Å². The number of nitrogens with zero attached hydrogens (tertiary/aromatic N) is 3. The van der Waals surface area contributed by atoms with E-state index in [1.807, 2.05) is 30.8 Å². The summed E-state index contributed by atoms with van der Waals surface area (Å²) in [4.78, 5) is 9.04. The van der Waals surface area contributed by atoms with E-state index in [1.165, 1.54) is 0 Å². The van der Waals surface area contributed by atoms with Gasteiger partial charge in [-0.25, -0.2) is 9.97 Å². The van der Waals surface area contributed by atoms with Crippen LogP contribution in [-0.2, 0) is 13.5 Å². The number of rotatable bonds is 1. The molecule has 0 fully saturated rings. The van der Waals surface area contributed by atoms with Crippen LogP contribution in [-0.4, -0.2) is 14.5 Å². The lowest BCUT2D eigenvalue weighted by molar-refractivity contribution is 0.921. The minimum absolute atomic E-state index is 0.948. The Kier molecular flexibility index (Phi) is 1.79. The first-order valence-electron chi connectivity index (χ1n) is 4.51. The molecule has 2 aromatic heterocycles. The third-order valence-corrected chi connectivity index (χ3v) is 2.30. The molecule has 0 bridgehead atoms. The van der Waals surface area contributed by atoms with Crippen LogP contribution in [0, 0.1) is 6.92 Å². The molecule has 0 saturated carbocycles. The predicted octanol–water partition coefficient (Wildman–Crippen LogP) is 1.84. The van der Waals surface area contributed by atoms with E-state index in [1.54, 1.807) is 0 Å². The van der Waals surface area contributed by atoms with Gasteiger partial charge < -0.3 is 4.57 Å². The maximum atomic E-state index is 4.53. The van der Waals surface area contributed by atoms with E-state index in [0.717, 1.165) is 29.0 Å². The molecule has 0 amide bonds. The van der Waals surface area contributed by atoms with Crippen molar-refractivity contribution in [2.24, 2.45) is 7.05 Å². The highest BCUT2D eigenvalue weighted by Gasteiger charge is 2.05. The molecule has 0 saturated heterocycles. The molecule has 0 unspecified atom stereocenters. The van der Waals surface area contributed by atoms with Crippen LogP contribution in [0.4, 0.5) is 0 Å². The molecule has 2 aromatic rings. The second kappa shape index (κ2) is 2.83. The van der Waals surface area contributed by atoms with Crippen molar-refractivity contribution in [1.29, 1.82) is 0 Å². The molecule has 0 spiro atoms. The van der Waals surface area contributed by atoms with Gasteiger partial charge in [0.05, 0.1) is 11.4 Å². The molecular weight excluding hydrogens is 162 g/mol. The molecule has 0 atom stereocenters. The Labute approximate surface area is 77.4 Å². The predicted molar refractivity (Wildman–Crippen MR) is 52.6 cm³/mol. The average Bonchev–Trinajstić information content (AvgIpc) is 2.47. The highest BCUT2D eigenvalue weighted by molar-refractivity contribution is 5.71. The van der Waals surface area contributed by atoms with E-state index in [4.69, 9.17) is 0 Å². The zero-order chi connectivity index (χ0) is 9.42. The lowest BCUT2D eigenvalue weighted by Gasteiger charge is -2.01. The maximum absolute atomic E-state index is 4.53. The molecule has 13 heavy (non-hydrogen) atoms. The van der Waals surface area contributed by atoms with Crippen molar-refractivity contribution in [2.45, 2.75) is 20.3 Å². The van der Waals surface area contributed by atoms with Gasteiger partial charge in [0.25, 0.3) is 0 Å². The summed E-state index contributed by atoms with van der Waals surface area (Å²) in [6.45, 7) is 4.12. The average molecular weight is 175 g/mol. The Bertz CT molecular complexity index is 443. The summed E-state index contributed by atoms with van der Waals surface area (Å²) in [5.74, 6) is 0. The lowest BCUT2D eigenvalue weighted by atomic mass is 10.2. The largest absolute Gasteiger partial charge is 0.334 e. The number of fused-ring (bicyclic) bond motifs is 1. The van der Waals surface area contributed by atoms with Crippen LogP contribution in [0.5, 0.6) is 0 Å². The second-order valence-electron chi connectivity index (χ2n) is 3.24. The van der Waals surface area contributed by atoms with E-state index in [0.29, 0.717) is 0 Å². The van der Waals surface area contributed by atoms with Gasteiger partial charge in [0.15, 0.2) is 5.65 Å². The van der Waals surface area contributed by atoms with Crippen LogP contribution in [0.3, 0.4) is 0 Å². The number of hydrogen-bond acceptors (Lipinski definition) is 2. The van der Waals surface area contributed by atoms with Gasteiger partial charge in [-0.05, 0) is 19.4 Å². The summed E-state index contributed by atoms with van der Waals surface area (Å²) in [5.41, 5.74) is 4.09. The summed E-state index contributed by atoms with van der Waals surface area (Å²) in [5, 5.41) is 0. The van der Waals surface area contributed by atoms with Crippen LogP contribution in [0.1, 0.15) is 18.3 Å². The summed E-state index contributed by atoms with van der Waals surface area (Å²) in [7, 11) is 1.99. The van der Waals surface area contributed by atoms with Crippen molar-refractivity contribution in [3.63, 3.8) is 0 Å². The van der Waals surface area contributed by atoms with Gasteiger partial charge in [0, 0.05) is 13.2 Å². The van der Waals surface area contributed by atoms with Crippen LogP contribution >= 0.6 is 0 Å².